The van der Waals surface area contributed by atoms with E-state index in [9.17, 15) is 15.0 Å². The van der Waals surface area contributed by atoms with E-state index in [1.54, 1.807) is 37.6 Å². The van der Waals surface area contributed by atoms with Crippen molar-refractivity contribution in [3.63, 3.8) is 0 Å². The molecule has 0 atom stereocenters. The number of phenolic OH excluding ortho intramolecular Hbond substituents is 2. The molecule has 0 unspecified atom stereocenters. The zero-order chi connectivity index (χ0) is 24.4. The highest BCUT2D eigenvalue weighted by molar-refractivity contribution is 8.13. The van der Waals surface area contributed by atoms with E-state index in [4.69, 9.17) is 5.73 Å². The number of aliphatic imine (C=N–C) groups is 1. The number of thioether (sulfide) groups is 2. The van der Waals surface area contributed by atoms with Crippen molar-refractivity contribution in [3.05, 3.63) is 57.6 Å². The Kier molecular flexibility index (Phi) is 9.83. The highest BCUT2D eigenvalue weighted by Crippen LogP contribution is 2.22. The number of aryl methyl sites for hydroxylation is 2. The molecule has 2 aromatic carbocycles. The SMILES string of the molecule is CSC(=N\N=C\c1cc(C)cc(/C=N/N=C(\N)SC)c1O)/N=C/c1cc(C)c(C=O)cc1O. The van der Waals surface area contributed by atoms with Crippen molar-refractivity contribution in [2.75, 3.05) is 12.5 Å². The van der Waals surface area contributed by atoms with E-state index in [2.05, 4.69) is 25.4 Å². The van der Waals surface area contributed by atoms with Crippen LogP contribution in [0.4, 0.5) is 0 Å². The molecule has 0 aromatic heterocycles. The summed E-state index contributed by atoms with van der Waals surface area (Å²) >= 11 is 2.52. The molecule has 0 aliphatic carbocycles. The van der Waals surface area contributed by atoms with Gasteiger partial charge in [0.05, 0.1) is 12.4 Å². The van der Waals surface area contributed by atoms with Crippen molar-refractivity contribution >= 4 is 58.8 Å². The Morgan fingerprint density at radius 2 is 1.52 bits per heavy atom. The molecule has 2 rings (SSSR count). The molecule has 0 amide bonds. The lowest BCUT2D eigenvalue weighted by molar-refractivity contribution is 0.112. The molecule has 9 nitrogen and oxygen atoms in total. The molecule has 0 spiro atoms. The van der Waals surface area contributed by atoms with Gasteiger partial charge in [-0.3, -0.25) is 4.79 Å². The van der Waals surface area contributed by atoms with Crippen LogP contribution < -0.4 is 5.73 Å². The van der Waals surface area contributed by atoms with Crippen LogP contribution in [0.5, 0.6) is 11.5 Å². The van der Waals surface area contributed by atoms with Crippen LogP contribution in [0.1, 0.15) is 38.2 Å². The van der Waals surface area contributed by atoms with E-state index >= 15 is 0 Å². The first kappa shape index (κ1) is 25.8. The molecule has 0 aliphatic rings. The number of hydrogen-bond donors (Lipinski definition) is 3. The van der Waals surface area contributed by atoms with Gasteiger partial charge in [-0.2, -0.15) is 10.2 Å². The van der Waals surface area contributed by atoms with E-state index in [0.717, 1.165) is 11.1 Å². The molecule has 172 valence electrons. The van der Waals surface area contributed by atoms with Crippen LogP contribution in [0.15, 0.2) is 49.7 Å². The Hall–Kier alpha value is -3.44. The van der Waals surface area contributed by atoms with Crippen LogP contribution >= 0.6 is 23.5 Å². The van der Waals surface area contributed by atoms with Crippen molar-refractivity contribution in [3.8, 4) is 11.5 Å². The molecule has 0 heterocycles. The Morgan fingerprint density at radius 3 is 2.09 bits per heavy atom. The van der Waals surface area contributed by atoms with Gasteiger partial charge in [-0.25, -0.2) is 4.99 Å². The van der Waals surface area contributed by atoms with Crippen molar-refractivity contribution in [2.24, 2.45) is 31.1 Å². The van der Waals surface area contributed by atoms with Gasteiger partial charge in [-0.1, -0.05) is 23.5 Å². The number of rotatable bonds is 6. The Labute approximate surface area is 200 Å². The first-order chi connectivity index (χ1) is 15.8. The minimum atomic E-state index is -0.0575. The van der Waals surface area contributed by atoms with Gasteiger partial charge in [0, 0.05) is 28.5 Å². The van der Waals surface area contributed by atoms with Crippen molar-refractivity contribution in [1.29, 1.82) is 0 Å². The summed E-state index contributed by atoms with van der Waals surface area (Å²) in [5, 5.41) is 37.0. The number of nitrogens with two attached hydrogens (primary N) is 1. The number of carbonyl (C=O) groups is 1. The summed E-state index contributed by atoms with van der Waals surface area (Å²) in [5.41, 5.74) is 8.98. The smallest absolute Gasteiger partial charge is 0.208 e. The second-order valence-electron chi connectivity index (χ2n) is 6.65. The molecular formula is C22H24N6O3S2. The molecular weight excluding hydrogens is 460 g/mol. The predicted octanol–water partition coefficient (Wildman–Crippen LogP) is 3.71. The third-order valence-corrected chi connectivity index (χ3v) is 5.31. The van der Waals surface area contributed by atoms with Crippen LogP contribution in [-0.4, -0.2) is 58.0 Å². The number of phenols is 2. The molecule has 0 saturated carbocycles. The number of carbonyl (C=O) groups excluding carboxylic acids is 1. The number of amidine groups is 2. The van der Waals surface area contributed by atoms with E-state index in [1.807, 2.05) is 6.92 Å². The number of benzene rings is 2. The zero-order valence-corrected chi connectivity index (χ0v) is 20.2. The molecule has 2 aromatic rings. The summed E-state index contributed by atoms with van der Waals surface area (Å²) in [5.74, 6) is -0.0796. The third kappa shape index (κ3) is 7.58. The van der Waals surface area contributed by atoms with Gasteiger partial charge in [0.2, 0.25) is 5.17 Å². The molecule has 0 aliphatic heterocycles. The first-order valence-electron chi connectivity index (χ1n) is 9.51. The predicted molar refractivity (Wildman–Crippen MR) is 140 cm³/mol. The summed E-state index contributed by atoms with van der Waals surface area (Å²) in [4.78, 5) is 15.2. The van der Waals surface area contributed by atoms with Gasteiger partial charge >= 0.3 is 0 Å². The average molecular weight is 485 g/mol. The lowest BCUT2D eigenvalue weighted by Crippen LogP contribution is -2.04. The molecule has 0 fully saturated rings. The summed E-state index contributed by atoms with van der Waals surface area (Å²) < 4.78 is 0. The number of aldehydes is 1. The standard InChI is InChI=1S/C22H24N6O3S2/c1-13-5-16(10-25-27-21(23)32-3)20(31)17(6-13)11-26-28-22(33-4)24-9-15-7-14(2)18(12-29)8-19(15)30/h5-12,30-31H,1-4H3,(H2,23,27)/b24-9+,25-10+,26-11+,28-22-. The fourth-order valence-electron chi connectivity index (χ4n) is 2.57. The summed E-state index contributed by atoms with van der Waals surface area (Å²) in [6, 6.07) is 6.56. The van der Waals surface area contributed by atoms with E-state index in [1.165, 1.54) is 48.2 Å². The second-order valence-corrected chi connectivity index (χ2v) is 8.25. The maximum absolute atomic E-state index is 11.0. The lowest BCUT2D eigenvalue weighted by atomic mass is 10.1. The van der Waals surface area contributed by atoms with Crippen molar-refractivity contribution in [1.82, 2.24) is 0 Å². The normalized spacial score (nSPS) is 13.0. The Bertz CT molecular complexity index is 1170. The van der Waals surface area contributed by atoms with Gasteiger partial charge in [0.1, 0.15) is 17.8 Å². The zero-order valence-electron chi connectivity index (χ0n) is 18.6. The van der Waals surface area contributed by atoms with E-state index < -0.39 is 0 Å². The second kappa shape index (κ2) is 12.6. The third-order valence-electron chi connectivity index (χ3n) is 4.25. The number of hydrogen-bond acceptors (Lipinski definition) is 9. The number of nitrogens with zero attached hydrogens (tertiary/aromatic N) is 5. The Morgan fingerprint density at radius 1 is 0.879 bits per heavy atom. The fourth-order valence-corrected chi connectivity index (χ4v) is 2.99. The maximum Gasteiger partial charge on any atom is 0.208 e. The highest BCUT2D eigenvalue weighted by atomic mass is 32.2. The minimum Gasteiger partial charge on any atom is -0.507 e. The van der Waals surface area contributed by atoms with Gasteiger partial charge in [0.25, 0.3) is 0 Å². The quantitative estimate of drug-likeness (QED) is 0.247. The van der Waals surface area contributed by atoms with Crippen molar-refractivity contribution < 1.29 is 15.0 Å². The molecule has 0 saturated heterocycles. The van der Waals surface area contributed by atoms with Crippen LogP contribution in [0.3, 0.4) is 0 Å². The monoisotopic (exact) mass is 484 g/mol. The van der Waals surface area contributed by atoms with Gasteiger partial charge in [-0.05, 0) is 61.8 Å². The Balaban J connectivity index is 2.26. The van der Waals surface area contributed by atoms with Gasteiger partial charge in [-0.15, -0.1) is 10.2 Å². The largest absolute Gasteiger partial charge is 0.507 e. The highest BCUT2D eigenvalue weighted by Gasteiger charge is 2.07. The molecule has 4 N–H and O–H groups in total. The molecule has 11 heteroatoms. The lowest BCUT2D eigenvalue weighted by Gasteiger charge is -2.04. The average Bonchev–Trinajstić information content (AvgIpc) is 2.80. The molecule has 0 radical (unpaired) electrons. The molecule has 0 bridgehead atoms. The number of aromatic hydroxyl groups is 2. The van der Waals surface area contributed by atoms with Crippen molar-refractivity contribution in [2.45, 2.75) is 13.8 Å². The van der Waals surface area contributed by atoms with Gasteiger partial charge in [0.15, 0.2) is 5.17 Å². The van der Waals surface area contributed by atoms with Crippen LogP contribution in [0, 0.1) is 13.8 Å². The molecule has 33 heavy (non-hydrogen) atoms. The minimum absolute atomic E-state index is 0.0221. The van der Waals surface area contributed by atoms with Gasteiger partial charge < -0.3 is 15.9 Å². The topological polar surface area (TPSA) is 145 Å². The van der Waals surface area contributed by atoms with E-state index in [-0.39, 0.29) is 11.5 Å². The summed E-state index contributed by atoms with van der Waals surface area (Å²) in [7, 11) is 0. The van der Waals surface area contributed by atoms with Crippen LogP contribution in [-0.2, 0) is 0 Å². The maximum atomic E-state index is 11.0. The van der Waals surface area contributed by atoms with Crippen LogP contribution in [0.2, 0.25) is 0 Å². The fraction of sp³-hybridized carbons (Fsp3) is 0.182. The summed E-state index contributed by atoms with van der Waals surface area (Å²) in [6.45, 7) is 3.64. The van der Waals surface area contributed by atoms with Crippen LogP contribution in [0.25, 0.3) is 0 Å². The first-order valence-corrected chi connectivity index (χ1v) is 12.0. The van der Waals surface area contributed by atoms with E-state index in [0.29, 0.717) is 38.9 Å². The summed E-state index contributed by atoms with van der Waals surface area (Å²) in [6.07, 6.45) is 8.52.